The average molecular weight is 375 g/mol. The molecule has 5 heterocycles. The first-order valence-electron chi connectivity index (χ1n) is 10.1. The molecule has 2 aliphatic heterocycles. The molecule has 2 N–H and O–H groups in total. The van der Waals surface area contributed by atoms with Gasteiger partial charge in [-0.25, -0.2) is 4.98 Å². The molecule has 28 heavy (non-hydrogen) atoms. The number of nitrogens with zero attached hydrogens (tertiary/aromatic N) is 4. The lowest BCUT2D eigenvalue weighted by atomic mass is 9.96. The molecule has 1 unspecified atom stereocenters. The van der Waals surface area contributed by atoms with Crippen molar-refractivity contribution in [2.75, 3.05) is 13.1 Å². The number of aryl methyl sites for hydroxylation is 3. The molecule has 6 nitrogen and oxygen atoms in total. The first kappa shape index (κ1) is 17.4. The fourth-order valence-electron chi connectivity index (χ4n) is 4.92. The monoisotopic (exact) mass is 375 g/mol. The number of carbonyl (C=O) groups excluding carboxylic acids is 1. The summed E-state index contributed by atoms with van der Waals surface area (Å²) in [5.74, 6) is -0.488. The van der Waals surface area contributed by atoms with Gasteiger partial charge in [0.25, 0.3) is 5.91 Å². The van der Waals surface area contributed by atoms with E-state index in [1.807, 2.05) is 12.3 Å². The summed E-state index contributed by atoms with van der Waals surface area (Å²) in [6.07, 6.45) is 8.20. The number of rotatable bonds is 4. The van der Waals surface area contributed by atoms with Gasteiger partial charge in [0.2, 0.25) is 0 Å². The molecule has 0 saturated carbocycles. The van der Waals surface area contributed by atoms with Crippen molar-refractivity contribution >= 4 is 16.9 Å². The minimum atomic E-state index is -0.488. The van der Waals surface area contributed by atoms with Gasteiger partial charge in [-0.1, -0.05) is 6.07 Å². The first-order valence-corrected chi connectivity index (χ1v) is 10.1. The van der Waals surface area contributed by atoms with Crippen LogP contribution in [0.25, 0.3) is 11.0 Å². The van der Waals surface area contributed by atoms with E-state index in [0.29, 0.717) is 11.7 Å². The standard InChI is InChI=1S/C22H25N5O/c1-14-11-16-20-18-3-2-8-26(18)9-7-19(20)27(22(16)25-12-14)10-6-15-4-5-17(21(23)28)24-13-15/h4-5,11-13,18H,2-3,6-10H2,1H3,(H2,23,28). The predicted octanol–water partition coefficient (Wildman–Crippen LogP) is 2.77. The van der Waals surface area contributed by atoms with Crippen LogP contribution in [0.3, 0.4) is 0 Å². The van der Waals surface area contributed by atoms with E-state index in [0.717, 1.165) is 37.1 Å². The highest BCUT2D eigenvalue weighted by molar-refractivity contribution is 5.90. The number of primary amides is 1. The topological polar surface area (TPSA) is 77.0 Å². The number of fused-ring (bicyclic) bond motifs is 5. The zero-order valence-corrected chi connectivity index (χ0v) is 16.2. The Morgan fingerprint density at radius 2 is 2.14 bits per heavy atom. The molecule has 0 spiro atoms. The summed E-state index contributed by atoms with van der Waals surface area (Å²) in [6.45, 7) is 5.35. The Morgan fingerprint density at radius 3 is 2.93 bits per heavy atom. The van der Waals surface area contributed by atoms with Gasteiger partial charge in [-0.3, -0.25) is 14.7 Å². The van der Waals surface area contributed by atoms with E-state index < -0.39 is 5.91 Å². The average Bonchev–Trinajstić information content (AvgIpc) is 3.28. The van der Waals surface area contributed by atoms with E-state index in [1.54, 1.807) is 12.3 Å². The van der Waals surface area contributed by atoms with Crippen molar-refractivity contribution in [3.63, 3.8) is 0 Å². The van der Waals surface area contributed by atoms with Gasteiger partial charge in [0.1, 0.15) is 11.3 Å². The summed E-state index contributed by atoms with van der Waals surface area (Å²) < 4.78 is 2.42. The van der Waals surface area contributed by atoms with Crippen molar-refractivity contribution in [1.82, 2.24) is 19.4 Å². The highest BCUT2D eigenvalue weighted by atomic mass is 16.1. The quantitative estimate of drug-likeness (QED) is 0.761. The second-order valence-corrected chi connectivity index (χ2v) is 8.01. The minimum absolute atomic E-state index is 0.311. The number of nitrogens with two attached hydrogens (primary N) is 1. The molecule has 0 aromatic carbocycles. The van der Waals surface area contributed by atoms with Crippen molar-refractivity contribution in [2.24, 2.45) is 5.73 Å². The molecule has 1 fully saturated rings. The molecule has 2 aliphatic rings. The summed E-state index contributed by atoms with van der Waals surface area (Å²) in [5.41, 5.74) is 12.0. The third kappa shape index (κ3) is 2.79. The van der Waals surface area contributed by atoms with Gasteiger partial charge in [0.15, 0.2) is 0 Å². The van der Waals surface area contributed by atoms with Gasteiger partial charge in [0.05, 0.1) is 0 Å². The Kier molecular flexibility index (Phi) is 4.16. The van der Waals surface area contributed by atoms with Gasteiger partial charge in [-0.2, -0.15) is 0 Å². The van der Waals surface area contributed by atoms with Crippen LogP contribution in [-0.4, -0.2) is 38.4 Å². The zero-order valence-electron chi connectivity index (χ0n) is 16.2. The third-order valence-electron chi connectivity index (χ3n) is 6.22. The Labute approximate surface area is 164 Å². The molecule has 0 bridgehead atoms. The van der Waals surface area contributed by atoms with Crippen molar-refractivity contribution in [2.45, 2.75) is 45.2 Å². The van der Waals surface area contributed by atoms with Crippen LogP contribution in [0.1, 0.15) is 51.8 Å². The van der Waals surface area contributed by atoms with E-state index in [-0.39, 0.29) is 0 Å². The molecule has 1 atom stereocenters. The molecule has 6 heteroatoms. The fourth-order valence-corrected chi connectivity index (χ4v) is 4.92. The summed E-state index contributed by atoms with van der Waals surface area (Å²) in [7, 11) is 0. The number of aromatic nitrogens is 3. The molecule has 1 amide bonds. The predicted molar refractivity (Wildman–Crippen MR) is 108 cm³/mol. The van der Waals surface area contributed by atoms with Crippen molar-refractivity contribution in [3.8, 4) is 0 Å². The van der Waals surface area contributed by atoms with Gasteiger partial charge in [-0.05, 0) is 61.6 Å². The highest BCUT2D eigenvalue weighted by Gasteiger charge is 2.35. The molecule has 3 aromatic rings. The van der Waals surface area contributed by atoms with E-state index in [4.69, 9.17) is 10.7 Å². The lowest BCUT2D eigenvalue weighted by Gasteiger charge is -2.31. The Bertz CT molecular complexity index is 1050. The van der Waals surface area contributed by atoms with Crippen LogP contribution in [-0.2, 0) is 19.4 Å². The molecule has 1 saturated heterocycles. The maximum Gasteiger partial charge on any atom is 0.267 e. The maximum absolute atomic E-state index is 11.2. The molecule has 0 radical (unpaired) electrons. The normalized spacial score (nSPS) is 19.0. The van der Waals surface area contributed by atoms with Crippen LogP contribution >= 0.6 is 0 Å². The summed E-state index contributed by atoms with van der Waals surface area (Å²) in [4.78, 5) is 22.9. The first-order chi connectivity index (χ1) is 13.6. The molecule has 0 aliphatic carbocycles. The number of amides is 1. The SMILES string of the molecule is Cc1cnc2c(c1)c1c(n2CCc2ccc(C(N)=O)nc2)CCN2CCCC12. The Hall–Kier alpha value is -2.73. The molecule has 3 aromatic heterocycles. The lowest BCUT2D eigenvalue weighted by molar-refractivity contribution is 0.0995. The Morgan fingerprint density at radius 1 is 1.25 bits per heavy atom. The van der Waals surface area contributed by atoms with Crippen LogP contribution in [0.2, 0.25) is 0 Å². The van der Waals surface area contributed by atoms with Gasteiger partial charge in [0, 0.05) is 49.0 Å². The summed E-state index contributed by atoms with van der Waals surface area (Å²) in [5, 5.41) is 1.33. The van der Waals surface area contributed by atoms with Crippen LogP contribution in [0.5, 0.6) is 0 Å². The second kappa shape index (κ2) is 6.71. The number of carbonyl (C=O) groups is 1. The lowest BCUT2D eigenvalue weighted by Crippen LogP contribution is -2.31. The van der Waals surface area contributed by atoms with E-state index in [2.05, 4.69) is 27.4 Å². The summed E-state index contributed by atoms with van der Waals surface area (Å²) in [6, 6.07) is 6.51. The smallest absolute Gasteiger partial charge is 0.267 e. The third-order valence-corrected chi connectivity index (χ3v) is 6.22. The fraction of sp³-hybridized carbons (Fsp3) is 0.409. The van der Waals surface area contributed by atoms with Crippen molar-refractivity contribution in [3.05, 3.63) is 58.7 Å². The van der Waals surface area contributed by atoms with Crippen molar-refractivity contribution in [1.29, 1.82) is 0 Å². The zero-order chi connectivity index (χ0) is 19.3. The number of hydrogen-bond acceptors (Lipinski definition) is 4. The molecule has 5 rings (SSSR count). The number of hydrogen-bond donors (Lipinski definition) is 1. The van der Waals surface area contributed by atoms with Crippen LogP contribution < -0.4 is 5.73 Å². The Balaban J connectivity index is 1.52. The van der Waals surface area contributed by atoms with Gasteiger partial charge < -0.3 is 10.3 Å². The molecular weight excluding hydrogens is 350 g/mol. The molecule has 144 valence electrons. The highest BCUT2D eigenvalue weighted by Crippen LogP contribution is 2.42. The van der Waals surface area contributed by atoms with Gasteiger partial charge >= 0.3 is 0 Å². The molecular formula is C22H25N5O. The maximum atomic E-state index is 11.2. The second-order valence-electron chi connectivity index (χ2n) is 8.01. The van der Waals surface area contributed by atoms with E-state index in [1.165, 1.54) is 41.6 Å². The van der Waals surface area contributed by atoms with E-state index >= 15 is 0 Å². The minimum Gasteiger partial charge on any atom is -0.364 e. The number of pyridine rings is 2. The van der Waals surface area contributed by atoms with Crippen LogP contribution in [0.4, 0.5) is 0 Å². The van der Waals surface area contributed by atoms with Crippen LogP contribution in [0, 0.1) is 6.92 Å². The summed E-state index contributed by atoms with van der Waals surface area (Å²) >= 11 is 0. The largest absolute Gasteiger partial charge is 0.364 e. The van der Waals surface area contributed by atoms with Crippen LogP contribution in [0.15, 0.2) is 30.6 Å². The van der Waals surface area contributed by atoms with Crippen molar-refractivity contribution < 1.29 is 4.79 Å². The van der Waals surface area contributed by atoms with Gasteiger partial charge in [-0.15, -0.1) is 0 Å². The van der Waals surface area contributed by atoms with E-state index in [9.17, 15) is 4.79 Å².